The van der Waals surface area contributed by atoms with Gasteiger partial charge < -0.3 is 15.5 Å². The van der Waals surface area contributed by atoms with Crippen LogP contribution in [0.2, 0.25) is 0 Å². The van der Waals surface area contributed by atoms with Crippen LogP contribution in [-0.4, -0.2) is 42.1 Å². The lowest BCUT2D eigenvalue weighted by Gasteiger charge is -2.10. The smallest absolute Gasteiger partial charge is 0.224 e. The van der Waals surface area contributed by atoms with Crippen molar-refractivity contribution < 1.29 is 0 Å². The summed E-state index contributed by atoms with van der Waals surface area (Å²) in [6, 6.07) is 9.83. The Morgan fingerprint density at radius 3 is 2.62 bits per heavy atom. The van der Waals surface area contributed by atoms with Crippen molar-refractivity contribution in [1.82, 2.24) is 14.9 Å². The van der Waals surface area contributed by atoms with Gasteiger partial charge >= 0.3 is 0 Å². The second-order valence-electron chi connectivity index (χ2n) is 4.98. The van der Waals surface area contributed by atoms with Crippen molar-refractivity contribution >= 4 is 33.4 Å². The molecular weight excluding hydrogens is 330 g/mol. The molecule has 0 spiro atoms. The van der Waals surface area contributed by atoms with Gasteiger partial charge in [-0.2, -0.15) is 4.98 Å². The molecule has 5 nitrogen and oxygen atoms in total. The van der Waals surface area contributed by atoms with Gasteiger partial charge in [0.05, 0.1) is 0 Å². The minimum atomic E-state index is 0.649. The molecule has 0 aliphatic heterocycles. The molecule has 1 aromatic heterocycles. The van der Waals surface area contributed by atoms with E-state index < -0.39 is 0 Å². The normalized spacial score (nSPS) is 10.7. The first-order valence-corrected chi connectivity index (χ1v) is 7.67. The zero-order valence-corrected chi connectivity index (χ0v) is 13.9. The largest absolute Gasteiger partial charge is 0.354 e. The first-order chi connectivity index (χ1) is 10.1. The van der Waals surface area contributed by atoms with E-state index in [1.807, 2.05) is 30.3 Å². The van der Waals surface area contributed by atoms with Crippen LogP contribution in [0.4, 0.5) is 17.5 Å². The quantitative estimate of drug-likeness (QED) is 0.750. The molecule has 0 aliphatic rings. The Morgan fingerprint density at radius 1 is 1.14 bits per heavy atom. The standard InChI is InChI=1S/C15H20BrN5/c1-21(2)11-3-9-17-15-18-10-8-14(20-15)19-13-6-4-12(16)5-7-13/h4-8,10H,3,9,11H2,1-2H3,(H2,17,18,19,20). The number of hydrogen-bond donors (Lipinski definition) is 2. The summed E-state index contributed by atoms with van der Waals surface area (Å²) >= 11 is 3.42. The monoisotopic (exact) mass is 349 g/mol. The summed E-state index contributed by atoms with van der Waals surface area (Å²) < 4.78 is 1.05. The number of nitrogens with one attached hydrogen (secondary N) is 2. The van der Waals surface area contributed by atoms with Crippen LogP contribution in [0.25, 0.3) is 0 Å². The summed E-state index contributed by atoms with van der Waals surface area (Å²) in [4.78, 5) is 10.8. The molecule has 112 valence electrons. The molecule has 2 rings (SSSR count). The minimum absolute atomic E-state index is 0.649. The van der Waals surface area contributed by atoms with Crippen molar-refractivity contribution in [1.29, 1.82) is 0 Å². The average molecular weight is 350 g/mol. The van der Waals surface area contributed by atoms with Crippen molar-refractivity contribution in [3.8, 4) is 0 Å². The molecule has 0 saturated heterocycles. The van der Waals surface area contributed by atoms with Crippen LogP contribution in [0.5, 0.6) is 0 Å². The molecule has 1 heterocycles. The summed E-state index contributed by atoms with van der Waals surface area (Å²) in [5.74, 6) is 1.43. The van der Waals surface area contributed by atoms with Crippen LogP contribution < -0.4 is 10.6 Å². The highest BCUT2D eigenvalue weighted by Gasteiger charge is 2.00. The number of hydrogen-bond acceptors (Lipinski definition) is 5. The predicted molar refractivity (Wildman–Crippen MR) is 91.1 cm³/mol. The van der Waals surface area contributed by atoms with Gasteiger partial charge in [0.15, 0.2) is 0 Å². The van der Waals surface area contributed by atoms with Crippen molar-refractivity contribution in [2.45, 2.75) is 6.42 Å². The van der Waals surface area contributed by atoms with Crippen LogP contribution in [0.15, 0.2) is 41.0 Å². The lowest BCUT2D eigenvalue weighted by atomic mass is 10.3. The Bertz CT molecular complexity index is 556. The zero-order valence-electron chi connectivity index (χ0n) is 12.3. The van der Waals surface area contributed by atoms with Crippen molar-refractivity contribution in [3.63, 3.8) is 0 Å². The van der Waals surface area contributed by atoms with E-state index in [1.165, 1.54) is 0 Å². The first-order valence-electron chi connectivity index (χ1n) is 6.88. The number of halogens is 1. The number of nitrogens with zero attached hydrogens (tertiary/aromatic N) is 3. The Kier molecular flexibility index (Phi) is 5.95. The highest BCUT2D eigenvalue weighted by Crippen LogP contribution is 2.18. The molecule has 1 aromatic carbocycles. The molecule has 0 bridgehead atoms. The van der Waals surface area contributed by atoms with Gasteiger partial charge in [-0.3, -0.25) is 0 Å². The minimum Gasteiger partial charge on any atom is -0.354 e. The van der Waals surface area contributed by atoms with Gasteiger partial charge in [0.25, 0.3) is 0 Å². The van der Waals surface area contributed by atoms with E-state index in [2.05, 4.69) is 55.5 Å². The van der Waals surface area contributed by atoms with E-state index in [0.717, 1.165) is 35.5 Å². The predicted octanol–water partition coefficient (Wildman–Crippen LogP) is 3.35. The maximum Gasteiger partial charge on any atom is 0.224 e. The van der Waals surface area contributed by atoms with Gasteiger partial charge in [0.1, 0.15) is 5.82 Å². The molecule has 0 aliphatic carbocycles. The second-order valence-corrected chi connectivity index (χ2v) is 5.90. The fraction of sp³-hybridized carbons (Fsp3) is 0.333. The summed E-state index contributed by atoms with van der Waals surface area (Å²) in [7, 11) is 4.14. The van der Waals surface area contributed by atoms with E-state index in [4.69, 9.17) is 0 Å². The lowest BCUT2D eigenvalue weighted by molar-refractivity contribution is 0.405. The van der Waals surface area contributed by atoms with Gasteiger partial charge in [0.2, 0.25) is 5.95 Å². The highest BCUT2D eigenvalue weighted by atomic mass is 79.9. The molecule has 21 heavy (non-hydrogen) atoms. The molecule has 0 radical (unpaired) electrons. The van der Waals surface area contributed by atoms with Gasteiger partial charge in [-0.15, -0.1) is 0 Å². The summed E-state index contributed by atoms with van der Waals surface area (Å²) in [5, 5.41) is 6.50. The zero-order chi connectivity index (χ0) is 15.1. The molecule has 6 heteroatoms. The van der Waals surface area contributed by atoms with Gasteiger partial charge in [0, 0.05) is 22.9 Å². The SMILES string of the molecule is CN(C)CCCNc1nccc(Nc2ccc(Br)cc2)n1. The maximum atomic E-state index is 4.45. The van der Waals surface area contributed by atoms with Crippen molar-refractivity contribution in [2.24, 2.45) is 0 Å². The molecular formula is C15H20BrN5. The van der Waals surface area contributed by atoms with Crippen LogP contribution in [-0.2, 0) is 0 Å². The summed E-state index contributed by atoms with van der Waals surface area (Å²) in [6.07, 6.45) is 2.81. The lowest BCUT2D eigenvalue weighted by Crippen LogP contribution is -2.17. The van der Waals surface area contributed by atoms with Gasteiger partial charge in [-0.1, -0.05) is 15.9 Å². The molecule has 2 aromatic rings. The highest BCUT2D eigenvalue weighted by molar-refractivity contribution is 9.10. The number of anilines is 3. The molecule has 0 unspecified atom stereocenters. The van der Waals surface area contributed by atoms with Crippen LogP contribution in [0, 0.1) is 0 Å². The molecule has 0 fully saturated rings. The third-order valence-corrected chi connectivity index (χ3v) is 3.37. The number of rotatable bonds is 7. The third kappa shape index (κ3) is 5.69. The average Bonchev–Trinajstić information content (AvgIpc) is 2.46. The molecule has 0 amide bonds. The van der Waals surface area contributed by atoms with Crippen LogP contribution in [0.1, 0.15) is 6.42 Å². The molecule has 0 saturated carbocycles. The Morgan fingerprint density at radius 2 is 1.90 bits per heavy atom. The Labute approximate surface area is 133 Å². The van der Waals surface area contributed by atoms with E-state index in [-0.39, 0.29) is 0 Å². The molecule has 0 atom stereocenters. The van der Waals surface area contributed by atoms with E-state index in [1.54, 1.807) is 6.20 Å². The second kappa shape index (κ2) is 7.95. The molecule has 2 N–H and O–H groups in total. The van der Waals surface area contributed by atoms with E-state index in [0.29, 0.717) is 5.95 Å². The summed E-state index contributed by atoms with van der Waals surface area (Å²) in [6.45, 7) is 1.91. The maximum absolute atomic E-state index is 4.45. The van der Waals surface area contributed by atoms with Gasteiger partial charge in [-0.05, 0) is 57.4 Å². The Balaban J connectivity index is 1.89. The van der Waals surface area contributed by atoms with E-state index >= 15 is 0 Å². The van der Waals surface area contributed by atoms with Crippen molar-refractivity contribution in [3.05, 3.63) is 41.0 Å². The van der Waals surface area contributed by atoms with Gasteiger partial charge in [-0.25, -0.2) is 4.98 Å². The Hall–Kier alpha value is -1.66. The third-order valence-electron chi connectivity index (χ3n) is 2.84. The number of aromatic nitrogens is 2. The van der Waals surface area contributed by atoms with Crippen LogP contribution in [0.3, 0.4) is 0 Å². The van der Waals surface area contributed by atoms with Crippen molar-refractivity contribution in [2.75, 3.05) is 37.8 Å². The topological polar surface area (TPSA) is 53.1 Å². The van der Waals surface area contributed by atoms with E-state index in [9.17, 15) is 0 Å². The number of benzene rings is 1. The van der Waals surface area contributed by atoms with Crippen LogP contribution >= 0.6 is 15.9 Å². The first kappa shape index (κ1) is 15.7. The summed E-state index contributed by atoms with van der Waals surface area (Å²) in [5.41, 5.74) is 0.996. The fourth-order valence-electron chi connectivity index (χ4n) is 1.79. The fourth-order valence-corrected chi connectivity index (χ4v) is 2.05.